The molecule has 4 heteroatoms. The molecule has 0 aliphatic heterocycles. The van der Waals surface area contributed by atoms with Gasteiger partial charge >= 0.3 is 0 Å². The summed E-state index contributed by atoms with van der Waals surface area (Å²) < 4.78 is 0. The van der Waals surface area contributed by atoms with Crippen LogP contribution in [0, 0.1) is 0 Å². The van der Waals surface area contributed by atoms with Crippen molar-refractivity contribution in [1.82, 2.24) is 4.90 Å². The van der Waals surface area contributed by atoms with Crippen LogP contribution in [-0.4, -0.2) is 34.8 Å². The molecule has 0 saturated carbocycles. The van der Waals surface area contributed by atoms with Crippen molar-refractivity contribution in [3.8, 4) is 0 Å². The number of hydrogen-bond donors (Lipinski definition) is 1. The molecule has 0 saturated heterocycles. The second-order valence-electron chi connectivity index (χ2n) is 4.64. The molecule has 100 valence electrons. The summed E-state index contributed by atoms with van der Waals surface area (Å²) in [4.78, 5) is 14.6. The Hall–Kier alpha value is -1.00. The van der Waals surface area contributed by atoms with Gasteiger partial charge < -0.3 is 10.0 Å². The van der Waals surface area contributed by atoms with Gasteiger partial charge in [0.15, 0.2) is 0 Å². The lowest BCUT2D eigenvalue weighted by Crippen LogP contribution is -2.34. The van der Waals surface area contributed by atoms with E-state index in [1.54, 1.807) is 11.8 Å². The van der Waals surface area contributed by atoms with Gasteiger partial charge in [0.2, 0.25) is 5.91 Å². The fraction of sp³-hybridized carbons (Fsp3) is 0.500. The van der Waals surface area contributed by atoms with Crippen molar-refractivity contribution >= 4 is 17.7 Å². The summed E-state index contributed by atoms with van der Waals surface area (Å²) in [5, 5.41) is 9.50. The van der Waals surface area contributed by atoms with Gasteiger partial charge in [-0.3, -0.25) is 4.79 Å². The van der Waals surface area contributed by atoms with Crippen LogP contribution < -0.4 is 0 Å². The first-order valence-corrected chi connectivity index (χ1v) is 7.07. The lowest BCUT2D eigenvalue weighted by molar-refractivity contribution is -0.128. The highest BCUT2D eigenvalue weighted by Crippen LogP contribution is 2.22. The number of aliphatic hydroxyl groups excluding tert-OH is 1. The number of thioether (sulfide) groups is 1. The molecule has 0 radical (unpaired) electrons. The van der Waals surface area contributed by atoms with E-state index in [0.29, 0.717) is 5.75 Å². The zero-order chi connectivity index (χ0) is 13.7. The van der Waals surface area contributed by atoms with E-state index in [9.17, 15) is 9.90 Å². The second kappa shape index (κ2) is 6.81. The molecule has 0 spiro atoms. The van der Waals surface area contributed by atoms with Gasteiger partial charge in [0, 0.05) is 18.0 Å². The maximum Gasteiger partial charge on any atom is 0.232 e. The number of aliphatic hydroxyl groups is 1. The van der Waals surface area contributed by atoms with E-state index in [-0.39, 0.29) is 11.9 Å². The molecule has 0 bridgehead atoms. The van der Waals surface area contributed by atoms with Gasteiger partial charge in [-0.2, -0.15) is 0 Å². The van der Waals surface area contributed by atoms with Crippen LogP contribution in [0.25, 0.3) is 0 Å². The molecule has 1 rings (SSSR count). The Morgan fingerprint density at radius 3 is 2.61 bits per heavy atom. The third kappa shape index (κ3) is 4.35. The van der Waals surface area contributed by atoms with Crippen LogP contribution in [0.1, 0.15) is 32.4 Å². The first-order valence-electron chi connectivity index (χ1n) is 6.08. The third-order valence-corrected chi connectivity index (χ3v) is 3.85. The zero-order valence-electron chi connectivity index (χ0n) is 11.4. The summed E-state index contributed by atoms with van der Waals surface area (Å²) in [6, 6.07) is 7.90. The van der Waals surface area contributed by atoms with Crippen molar-refractivity contribution < 1.29 is 9.90 Å². The first kappa shape index (κ1) is 15.1. The van der Waals surface area contributed by atoms with Crippen molar-refractivity contribution in [3.63, 3.8) is 0 Å². The van der Waals surface area contributed by atoms with E-state index in [1.807, 2.05) is 45.2 Å². The molecule has 18 heavy (non-hydrogen) atoms. The van der Waals surface area contributed by atoms with E-state index in [4.69, 9.17) is 0 Å². The zero-order valence-corrected chi connectivity index (χ0v) is 12.2. The molecule has 0 aliphatic rings. The Labute approximate surface area is 113 Å². The highest BCUT2D eigenvalue weighted by atomic mass is 32.2. The minimum absolute atomic E-state index is 0.123. The summed E-state index contributed by atoms with van der Waals surface area (Å²) in [5.41, 5.74) is 0.879. The van der Waals surface area contributed by atoms with Crippen molar-refractivity contribution in [2.24, 2.45) is 0 Å². The Bertz CT molecular complexity index is 405. The minimum Gasteiger partial charge on any atom is -0.389 e. The molecule has 1 aromatic rings. The van der Waals surface area contributed by atoms with E-state index >= 15 is 0 Å². The van der Waals surface area contributed by atoms with E-state index in [2.05, 4.69) is 0 Å². The smallest absolute Gasteiger partial charge is 0.232 e. The molecule has 0 heterocycles. The molecule has 3 nitrogen and oxygen atoms in total. The van der Waals surface area contributed by atoms with Crippen molar-refractivity contribution in [3.05, 3.63) is 29.8 Å². The lowest BCUT2D eigenvalue weighted by Gasteiger charge is -2.21. The molecule has 0 aliphatic carbocycles. The van der Waals surface area contributed by atoms with Gasteiger partial charge in [0.05, 0.1) is 11.9 Å². The number of rotatable bonds is 5. The summed E-state index contributed by atoms with van der Waals surface area (Å²) in [6.45, 7) is 5.73. The highest BCUT2D eigenvalue weighted by Gasteiger charge is 2.12. The van der Waals surface area contributed by atoms with E-state index in [1.165, 1.54) is 11.8 Å². The lowest BCUT2D eigenvalue weighted by atomic mass is 10.1. The van der Waals surface area contributed by atoms with Gasteiger partial charge in [-0.1, -0.05) is 12.1 Å². The summed E-state index contributed by atoms with van der Waals surface area (Å²) in [7, 11) is 1.82. The van der Waals surface area contributed by atoms with Crippen LogP contribution in [0.2, 0.25) is 0 Å². The number of amides is 1. The Kier molecular flexibility index (Phi) is 5.69. The van der Waals surface area contributed by atoms with Gasteiger partial charge in [-0.15, -0.1) is 11.8 Å². The average molecular weight is 267 g/mol. The molecular formula is C14H21NO2S. The van der Waals surface area contributed by atoms with Crippen LogP contribution in [0.3, 0.4) is 0 Å². The van der Waals surface area contributed by atoms with Crippen molar-refractivity contribution in [2.75, 3.05) is 12.8 Å². The molecule has 1 aromatic carbocycles. The predicted octanol–water partition coefficient (Wildman–Crippen LogP) is 2.70. The van der Waals surface area contributed by atoms with Gasteiger partial charge in [0.1, 0.15) is 0 Å². The highest BCUT2D eigenvalue weighted by molar-refractivity contribution is 8.00. The van der Waals surface area contributed by atoms with E-state index < -0.39 is 6.10 Å². The van der Waals surface area contributed by atoms with Crippen LogP contribution in [0.15, 0.2) is 29.2 Å². The van der Waals surface area contributed by atoms with Crippen LogP contribution >= 0.6 is 11.8 Å². The number of carbonyl (C=O) groups is 1. The number of carbonyl (C=O) groups excluding carboxylic acids is 1. The fourth-order valence-corrected chi connectivity index (χ4v) is 2.29. The van der Waals surface area contributed by atoms with E-state index in [0.717, 1.165) is 10.5 Å². The molecule has 1 unspecified atom stereocenters. The molecule has 1 N–H and O–H groups in total. The summed E-state index contributed by atoms with van der Waals surface area (Å²) in [5.74, 6) is 0.551. The Morgan fingerprint density at radius 1 is 1.39 bits per heavy atom. The maximum absolute atomic E-state index is 11.8. The molecule has 1 atom stereocenters. The van der Waals surface area contributed by atoms with Gasteiger partial charge in [-0.25, -0.2) is 0 Å². The average Bonchev–Trinajstić information content (AvgIpc) is 2.35. The van der Waals surface area contributed by atoms with Crippen LogP contribution in [-0.2, 0) is 4.79 Å². The standard InChI is InChI=1S/C14H21NO2S/c1-10(2)15(4)14(17)9-18-13-7-5-6-12(8-13)11(3)16/h5-8,10-11,16H,9H2,1-4H3. The Morgan fingerprint density at radius 2 is 2.06 bits per heavy atom. The normalized spacial score (nSPS) is 12.6. The molecular weight excluding hydrogens is 246 g/mol. The first-order chi connectivity index (χ1) is 8.41. The quantitative estimate of drug-likeness (QED) is 0.834. The van der Waals surface area contributed by atoms with Gasteiger partial charge in [-0.05, 0) is 38.5 Å². The van der Waals surface area contributed by atoms with Crippen LogP contribution in [0.4, 0.5) is 0 Å². The molecule has 0 aromatic heterocycles. The summed E-state index contributed by atoms with van der Waals surface area (Å²) >= 11 is 1.50. The van der Waals surface area contributed by atoms with Crippen molar-refractivity contribution in [2.45, 2.75) is 37.8 Å². The largest absolute Gasteiger partial charge is 0.389 e. The number of benzene rings is 1. The fourth-order valence-electron chi connectivity index (χ4n) is 1.40. The summed E-state index contributed by atoms with van der Waals surface area (Å²) in [6.07, 6.45) is -0.473. The maximum atomic E-state index is 11.8. The van der Waals surface area contributed by atoms with Crippen molar-refractivity contribution in [1.29, 1.82) is 0 Å². The van der Waals surface area contributed by atoms with Gasteiger partial charge in [0.25, 0.3) is 0 Å². The molecule has 1 amide bonds. The Balaban J connectivity index is 2.58. The SMILES string of the molecule is CC(O)c1cccc(SCC(=O)N(C)C(C)C)c1. The second-order valence-corrected chi connectivity index (χ2v) is 5.68. The number of nitrogens with zero attached hydrogens (tertiary/aromatic N) is 1. The predicted molar refractivity (Wildman–Crippen MR) is 75.7 cm³/mol. The minimum atomic E-state index is -0.473. The van der Waals surface area contributed by atoms with Crippen LogP contribution in [0.5, 0.6) is 0 Å². The molecule has 0 fully saturated rings. The topological polar surface area (TPSA) is 40.5 Å². The number of hydrogen-bond acceptors (Lipinski definition) is 3. The monoisotopic (exact) mass is 267 g/mol. The third-order valence-electron chi connectivity index (χ3n) is 2.87.